The molecule has 118 valence electrons. The minimum atomic E-state index is -3.45. The lowest BCUT2D eigenvalue weighted by Gasteiger charge is -2.25. The first-order valence-electron chi connectivity index (χ1n) is 7.08. The fourth-order valence-corrected chi connectivity index (χ4v) is 3.72. The fraction of sp³-hybridized carbons (Fsp3) is 0.294. The molecule has 0 aromatic heterocycles. The van der Waals surface area contributed by atoms with Crippen LogP contribution in [0.15, 0.2) is 64.0 Å². The van der Waals surface area contributed by atoms with Gasteiger partial charge >= 0.3 is 0 Å². The summed E-state index contributed by atoms with van der Waals surface area (Å²) < 4.78 is 28.3. The van der Waals surface area contributed by atoms with Crippen molar-refractivity contribution in [2.45, 2.75) is 25.2 Å². The highest BCUT2D eigenvalue weighted by atomic mass is 79.9. The summed E-state index contributed by atoms with van der Waals surface area (Å²) in [4.78, 5) is 0.300. The summed E-state index contributed by atoms with van der Waals surface area (Å²) in [5.41, 5.74) is 1.02. The van der Waals surface area contributed by atoms with Crippen LogP contribution < -0.4 is 4.72 Å². The molecule has 0 amide bonds. The Labute approximate surface area is 140 Å². The lowest BCUT2D eigenvalue weighted by molar-refractivity contribution is 0.361. The van der Waals surface area contributed by atoms with Gasteiger partial charge in [0.2, 0.25) is 10.0 Å². The van der Waals surface area contributed by atoms with Gasteiger partial charge in [-0.25, -0.2) is 13.1 Å². The number of sulfonamides is 1. The molecule has 5 heteroatoms. The van der Waals surface area contributed by atoms with Gasteiger partial charge in [-0.1, -0.05) is 60.1 Å². The monoisotopic (exact) mass is 381 g/mol. The second-order valence-corrected chi connectivity index (χ2v) is 8.79. The highest BCUT2D eigenvalue weighted by Gasteiger charge is 2.22. The van der Waals surface area contributed by atoms with E-state index in [0.29, 0.717) is 11.4 Å². The molecular formula is C17H20BrNO2S. The highest BCUT2D eigenvalue weighted by molar-refractivity contribution is 9.10. The van der Waals surface area contributed by atoms with Crippen LogP contribution in [-0.4, -0.2) is 15.0 Å². The summed E-state index contributed by atoms with van der Waals surface area (Å²) in [7, 11) is -3.45. The van der Waals surface area contributed by atoms with Crippen LogP contribution in [0.5, 0.6) is 0 Å². The van der Waals surface area contributed by atoms with Crippen LogP contribution in [0.2, 0.25) is 0 Å². The van der Waals surface area contributed by atoms with Gasteiger partial charge < -0.3 is 0 Å². The fourth-order valence-electron chi connectivity index (χ4n) is 2.19. The SMILES string of the molecule is CC(C)(CNS(=O)(=O)c1ccccc1)Cc1ccc(Br)cc1. The number of benzene rings is 2. The number of hydrogen-bond donors (Lipinski definition) is 1. The van der Waals surface area contributed by atoms with Crippen LogP contribution in [-0.2, 0) is 16.4 Å². The lowest BCUT2D eigenvalue weighted by Crippen LogP contribution is -2.35. The summed E-state index contributed by atoms with van der Waals surface area (Å²) >= 11 is 3.42. The molecule has 22 heavy (non-hydrogen) atoms. The normalized spacial score (nSPS) is 12.3. The Morgan fingerprint density at radius 2 is 1.59 bits per heavy atom. The standard InChI is InChI=1S/C17H20BrNO2S/c1-17(2,12-14-8-10-15(18)11-9-14)13-19-22(20,21)16-6-4-3-5-7-16/h3-11,19H,12-13H2,1-2H3. The van der Waals surface area contributed by atoms with Crippen molar-refractivity contribution in [2.75, 3.05) is 6.54 Å². The Kier molecular flexibility index (Phi) is 5.42. The van der Waals surface area contributed by atoms with Crippen LogP contribution in [0.25, 0.3) is 0 Å². The highest BCUT2D eigenvalue weighted by Crippen LogP contribution is 2.23. The zero-order valence-corrected chi connectivity index (χ0v) is 15.1. The molecule has 0 saturated carbocycles. The third-order valence-corrected chi connectivity index (χ3v) is 5.34. The number of rotatable bonds is 6. The molecule has 2 rings (SSSR count). The average Bonchev–Trinajstić information content (AvgIpc) is 2.49. The molecular weight excluding hydrogens is 362 g/mol. The third kappa shape index (κ3) is 4.93. The maximum atomic E-state index is 12.3. The summed E-state index contributed by atoms with van der Waals surface area (Å²) in [6.45, 7) is 4.51. The molecule has 0 spiro atoms. The summed E-state index contributed by atoms with van der Waals surface area (Å²) in [5, 5.41) is 0. The van der Waals surface area contributed by atoms with Gasteiger partial charge in [0.15, 0.2) is 0 Å². The first kappa shape index (κ1) is 17.2. The molecule has 0 aliphatic carbocycles. The minimum Gasteiger partial charge on any atom is -0.211 e. The van der Waals surface area contributed by atoms with Crippen molar-refractivity contribution >= 4 is 26.0 Å². The van der Waals surface area contributed by atoms with E-state index in [-0.39, 0.29) is 5.41 Å². The molecule has 2 aromatic rings. The van der Waals surface area contributed by atoms with Crippen molar-refractivity contribution in [3.8, 4) is 0 Å². The Hall–Kier alpha value is -1.17. The maximum Gasteiger partial charge on any atom is 0.240 e. The van der Waals surface area contributed by atoms with Crippen molar-refractivity contribution in [2.24, 2.45) is 5.41 Å². The van der Waals surface area contributed by atoms with Crippen LogP contribution >= 0.6 is 15.9 Å². The lowest BCUT2D eigenvalue weighted by atomic mass is 9.86. The summed E-state index contributed by atoms with van der Waals surface area (Å²) in [6, 6.07) is 16.6. The Bertz CT molecular complexity index is 710. The first-order valence-corrected chi connectivity index (χ1v) is 9.35. The van der Waals surface area contributed by atoms with Crippen LogP contribution in [0.3, 0.4) is 0 Å². The topological polar surface area (TPSA) is 46.2 Å². The third-order valence-electron chi connectivity index (χ3n) is 3.39. The van der Waals surface area contributed by atoms with E-state index in [1.54, 1.807) is 30.3 Å². The molecule has 0 aliphatic heterocycles. The molecule has 1 N–H and O–H groups in total. The molecule has 0 fully saturated rings. The van der Waals surface area contributed by atoms with Gasteiger partial charge in [0.1, 0.15) is 0 Å². The molecule has 3 nitrogen and oxygen atoms in total. The van der Waals surface area contributed by atoms with Crippen molar-refractivity contribution in [3.05, 3.63) is 64.6 Å². The van der Waals surface area contributed by atoms with E-state index < -0.39 is 10.0 Å². The number of nitrogens with one attached hydrogen (secondary N) is 1. The molecule has 2 aromatic carbocycles. The van der Waals surface area contributed by atoms with Gasteiger partial charge in [-0.2, -0.15) is 0 Å². The van der Waals surface area contributed by atoms with E-state index in [4.69, 9.17) is 0 Å². The van der Waals surface area contributed by atoms with Crippen LogP contribution in [0.4, 0.5) is 0 Å². The van der Waals surface area contributed by atoms with E-state index in [1.165, 1.54) is 5.56 Å². The molecule has 0 unspecified atom stereocenters. The van der Waals surface area contributed by atoms with E-state index in [1.807, 2.05) is 12.1 Å². The zero-order valence-electron chi connectivity index (χ0n) is 12.7. The molecule has 0 bridgehead atoms. The summed E-state index contributed by atoms with van der Waals surface area (Å²) in [5.74, 6) is 0. The Balaban J connectivity index is 2.01. The predicted molar refractivity (Wildman–Crippen MR) is 93.3 cm³/mol. The average molecular weight is 382 g/mol. The quantitative estimate of drug-likeness (QED) is 0.821. The summed E-state index contributed by atoms with van der Waals surface area (Å²) in [6.07, 6.45) is 0.803. The molecule has 0 saturated heterocycles. The molecule has 0 heterocycles. The van der Waals surface area contributed by atoms with Crippen molar-refractivity contribution in [1.29, 1.82) is 0 Å². The second kappa shape index (κ2) is 6.94. The van der Waals surface area contributed by atoms with E-state index in [2.05, 4.69) is 46.6 Å². The van der Waals surface area contributed by atoms with Crippen molar-refractivity contribution in [3.63, 3.8) is 0 Å². The minimum absolute atomic E-state index is 0.171. The molecule has 0 atom stereocenters. The van der Waals surface area contributed by atoms with E-state index >= 15 is 0 Å². The predicted octanol–water partition coefficient (Wildman–Crippen LogP) is 4.00. The molecule has 0 radical (unpaired) electrons. The van der Waals surface area contributed by atoms with Crippen LogP contribution in [0, 0.1) is 5.41 Å². The number of hydrogen-bond acceptors (Lipinski definition) is 2. The Morgan fingerprint density at radius 1 is 1.00 bits per heavy atom. The van der Waals surface area contributed by atoms with Gasteiger partial charge in [0.25, 0.3) is 0 Å². The second-order valence-electron chi connectivity index (χ2n) is 6.11. The maximum absolute atomic E-state index is 12.3. The van der Waals surface area contributed by atoms with Gasteiger partial charge in [-0.05, 0) is 41.7 Å². The largest absolute Gasteiger partial charge is 0.240 e. The van der Waals surface area contributed by atoms with Gasteiger partial charge in [-0.3, -0.25) is 0 Å². The van der Waals surface area contributed by atoms with Gasteiger partial charge in [-0.15, -0.1) is 0 Å². The molecule has 0 aliphatic rings. The smallest absolute Gasteiger partial charge is 0.211 e. The Morgan fingerprint density at radius 3 is 2.18 bits per heavy atom. The van der Waals surface area contributed by atoms with Crippen LogP contribution in [0.1, 0.15) is 19.4 Å². The first-order chi connectivity index (χ1) is 10.3. The van der Waals surface area contributed by atoms with Gasteiger partial charge in [0.05, 0.1) is 4.90 Å². The van der Waals surface area contributed by atoms with E-state index in [9.17, 15) is 8.42 Å². The number of halogens is 1. The van der Waals surface area contributed by atoms with E-state index in [0.717, 1.165) is 10.9 Å². The van der Waals surface area contributed by atoms with Crippen molar-refractivity contribution in [1.82, 2.24) is 4.72 Å². The zero-order chi connectivity index (χ0) is 16.2. The van der Waals surface area contributed by atoms with Gasteiger partial charge in [0, 0.05) is 11.0 Å². The van der Waals surface area contributed by atoms with Crippen molar-refractivity contribution < 1.29 is 8.42 Å².